The largest absolute Gasteiger partial charge is 0.475 e. The lowest BCUT2D eigenvalue weighted by Gasteiger charge is -2.21. The summed E-state index contributed by atoms with van der Waals surface area (Å²) in [6.45, 7) is 11.1. The van der Waals surface area contributed by atoms with Gasteiger partial charge in [0.1, 0.15) is 6.61 Å². The number of rotatable bonds is 8. The standard InChI is InChI=1S/C15H25BrN2O2/c1-5-6-19-7-8-20-14-12(9-13(16)11-17-14)10-18-15(2,3)4/h9,11,18H,5-8,10H2,1-4H3. The number of nitrogens with zero attached hydrogens (tertiary/aromatic N) is 1. The van der Waals surface area contributed by atoms with Crippen molar-refractivity contribution in [2.24, 2.45) is 0 Å². The molecule has 0 amide bonds. The minimum Gasteiger partial charge on any atom is -0.475 e. The van der Waals surface area contributed by atoms with Gasteiger partial charge in [0.15, 0.2) is 0 Å². The first-order valence-electron chi connectivity index (χ1n) is 7.02. The Morgan fingerprint density at radius 2 is 2.00 bits per heavy atom. The molecule has 1 heterocycles. The third-order valence-electron chi connectivity index (χ3n) is 2.52. The maximum absolute atomic E-state index is 5.71. The zero-order chi connectivity index (χ0) is 15.0. The van der Waals surface area contributed by atoms with Crippen LogP contribution in [-0.4, -0.2) is 30.3 Å². The van der Waals surface area contributed by atoms with Gasteiger partial charge in [-0.25, -0.2) is 4.98 Å². The van der Waals surface area contributed by atoms with E-state index in [4.69, 9.17) is 9.47 Å². The van der Waals surface area contributed by atoms with Crippen molar-refractivity contribution >= 4 is 15.9 Å². The molecule has 4 nitrogen and oxygen atoms in total. The molecule has 0 bridgehead atoms. The quantitative estimate of drug-likeness (QED) is 0.732. The van der Waals surface area contributed by atoms with Crippen LogP contribution in [0.25, 0.3) is 0 Å². The van der Waals surface area contributed by atoms with Crippen LogP contribution in [-0.2, 0) is 11.3 Å². The zero-order valence-electron chi connectivity index (χ0n) is 12.8. The van der Waals surface area contributed by atoms with Crippen LogP contribution in [0.5, 0.6) is 5.88 Å². The molecule has 1 rings (SSSR count). The summed E-state index contributed by atoms with van der Waals surface area (Å²) < 4.78 is 12.1. The van der Waals surface area contributed by atoms with E-state index in [-0.39, 0.29) is 5.54 Å². The number of halogens is 1. The Bertz CT molecular complexity index is 405. The average Bonchev–Trinajstić information content (AvgIpc) is 2.37. The summed E-state index contributed by atoms with van der Waals surface area (Å²) in [6, 6.07) is 2.04. The number of hydrogen-bond donors (Lipinski definition) is 1. The Balaban J connectivity index is 2.56. The number of pyridine rings is 1. The summed E-state index contributed by atoms with van der Waals surface area (Å²) in [4.78, 5) is 4.33. The van der Waals surface area contributed by atoms with Crippen LogP contribution in [0.4, 0.5) is 0 Å². The number of ether oxygens (including phenoxy) is 2. The summed E-state index contributed by atoms with van der Waals surface area (Å²) in [7, 11) is 0. The van der Waals surface area contributed by atoms with E-state index in [1.807, 2.05) is 6.07 Å². The van der Waals surface area contributed by atoms with Crippen LogP contribution in [0.3, 0.4) is 0 Å². The molecule has 5 heteroatoms. The molecule has 20 heavy (non-hydrogen) atoms. The van der Waals surface area contributed by atoms with Gasteiger partial charge in [0.25, 0.3) is 0 Å². The summed E-state index contributed by atoms with van der Waals surface area (Å²) in [5.74, 6) is 0.671. The smallest absolute Gasteiger partial charge is 0.217 e. The van der Waals surface area contributed by atoms with Crippen molar-refractivity contribution in [3.8, 4) is 5.88 Å². The van der Waals surface area contributed by atoms with Gasteiger partial charge in [-0.2, -0.15) is 0 Å². The van der Waals surface area contributed by atoms with Gasteiger partial charge in [0.05, 0.1) is 6.61 Å². The van der Waals surface area contributed by atoms with Gasteiger partial charge in [-0.05, 0) is 49.2 Å². The van der Waals surface area contributed by atoms with Crippen molar-refractivity contribution in [3.05, 3.63) is 22.3 Å². The first kappa shape index (κ1) is 17.4. The lowest BCUT2D eigenvalue weighted by atomic mass is 10.1. The van der Waals surface area contributed by atoms with E-state index in [9.17, 15) is 0 Å². The van der Waals surface area contributed by atoms with Crippen LogP contribution in [0.1, 0.15) is 39.7 Å². The van der Waals surface area contributed by atoms with Crippen LogP contribution < -0.4 is 10.1 Å². The van der Waals surface area contributed by atoms with Crippen LogP contribution in [0, 0.1) is 0 Å². The minimum atomic E-state index is 0.0593. The van der Waals surface area contributed by atoms with Gasteiger partial charge in [0, 0.05) is 34.9 Å². The molecule has 0 saturated carbocycles. The van der Waals surface area contributed by atoms with E-state index < -0.39 is 0 Å². The summed E-state index contributed by atoms with van der Waals surface area (Å²) >= 11 is 3.45. The van der Waals surface area contributed by atoms with Gasteiger partial charge in [0.2, 0.25) is 5.88 Å². The second-order valence-electron chi connectivity index (χ2n) is 5.68. The van der Waals surface area contributed by atoms with Crippen molar-refractivity contribution in [3.63, 3.8) is 0 Å². The molecule has 0 saturated heterocycles. The third kappa shape index (κ3) is 7.22. The van der Waals surface area contributed by atoms with Gasteiger partial charge in [-0.1, -0.05) is 6.92 Å². The van der Waals surface area contributed by atoms with Crippen molar-refractivity contribution in [2.45, 2.75) is 46.2 Å². The SMILES string of the molecule is CCCOCCOc1ncc(Br)cc1CNC(C)(C)C. The molecular formula is C15H25BrN2O2. The van der Waals surface area contributed by atoms with Gasteiger partial charge < -0.3 is 14.8 Å². The highest BCUT2D eigenvalue weighted by atomic mass is 79.9. The molecular weight excluding hydrogens is 320 g/mol. The molecule has 0 fully saturated rings. The molecule has 0 radical (unpaired) electrons. The highest BCUT2D eigenvalue weighted by Gasteiger charge is 2.12. The molecule has 114 valence electrons. The average molecular weight is 345 g/mol. The maximum atomic E-state index is 5.71. The van der Waals surface area contributed by atoms with Crippen molar-refractivity contribution in [1.82, 2.24) is 10.3 Å². The number of nitrogens with one attached hydrogen (secondary N) is 1. The van der Waals surface area contributed by atoms with E-state index in [2.05, 4.69) is 53.9 Å². The Morgan fingerprint density at radius 3 is 2.65 bits per heavy atom. The van der Waals surface area contributed by atoms with Gasteiger partial charge in [-0.15, -0.1) is 0 Å². The summed E-state index contributed by atoms with van der Waals surface area (Å²) in [6.07, 6.45) is 2.78. The molecule has 0 aliphatic heterocycles. The number of hydrogen-bond acceptors (Lipinski definition) is 4. The second-order valence-corrected chi connectivity index (χ2v) is 6.60. The summed E-state index contributed by atoms with van der Waals surface area (Å²) in [5, 5.41) is 3.44. The van der Waals surface area contributed by atoms with Crippen molar-refractivity contribution in [2.75, 3.05) is 19.8 Å². The molecule has 1 N–H and O–H groups in total. The maximum Gasteiger partial charge on any atom is 0.217 e. The second kappa shape index (κ2) is 8.60. The predicted octanol–water partition coefficient (Wildman–Crippen LogP) is 3.54. The van der Waals surface area contributed by atoms with E-state index >= 15 is 0 Å². The minimum absolute atomic E-state index is 0.0593. The molecule has 1 aromatic heterocycles. The molecule has 0 aromatic carbocycles. The highest BCUT2D eigenvalue weighted by Crippen LogP contribution is 2.20. The molecule has 0 aliphatic rings. The predicted molar refractivity (Wildman–Crippen MR) is 85.1 cm³/mol. The Morgan fingerprint density at radius 1 is 1.25 bits per heavy atom. The molecule has 0 atom stereocenters. The lowest BCUT2D eigenvalue weighted by Crippen LogP contribution is -2.35. The third-order valence-corrected chi connectivity index (χ3v) is 2.95. The molecule has 0 spiro atoms. The molecule has 0 aliphatic carbocycles. The fourth-order valence-corrected chi connectivity index (χ4v) is 1.91. The van der Waals surface area contributed by atoms with E-state index in [0.29, 0.717) is 19.1 Å². The van der Waals surface area contributed by atoms with E-state index in [0.717, 1.165) is 29.6 Å². The van der Waals surface area contributed by atoms with E-state index in [1.165, 1.54) is 0 Å². The van der Waals surface area contributed by atoms with Gasteiger partial charge >= 0.3 is 0 Å². The fraction of sp³-hybridized carbons (Fsp3) is 0.667. The van der Waals surface area contributed by atoms with Crippen LogP contribution in [0.2, 0.25) is 0 Å². The van der Waals surface area contributed by atoms with Crippen molar-refractivity contribution < 1.29 is 9.47 Å². The molecule has 0 unspecified atom stereocenters. The van der Waals surface area contributed by atoms with Crippen molar-refractivity contribution in [1.29, 1.82) is 0 Å². The topological polar surface area (TPSA) is 43.4 Å². The van der Waals surface area contributed by atoms with Crippen LogP contribution >= 0.6 is 15.9 Å². The fourth-order valence-electron chi connectivity index (χ4n) is 1.53. The van der Waals surface area contributed by atoms with Crippen LogP contribution in [0.15, 0.2) is 16.7 Å². The Labute approximate surface area is 130 Å². The highest BCUT2D eigenvalue weighted by molar-refractivity contribution is 9.10. The summed E-state index contributed by atoms with van der Waals surface area (Å²) in [5.41, 5.74) is 1.11. The monoisotopic (exact) mass is 344 g/mol. The zero-order valence-corrected chi connectivity index (χ0v) is 14.4. The first-order chi connectivity index (χ1) is 9.42. The van der Waals surface area contributed by atoms with E-state index in [1.54, 1.807) is 6.20 Å². The first-order valence-corrected chi connectivity index (χ1v) is 7.81. The Hall–Kier alpha value is -0.650. The lowest BCUT2D eigenvalue weighted by molar-refractivity contribution is 0.0985. The van der Waals surface area contributed by atoms with Gasteiger partial charge in [-0.3, -0.25) is 0 Å². The number of aromatic nitrogens is 1. The normalized spacial score (nSPS) is 11.7. The Kier molecular flexibility index (Phi) is 7.48. The molecule has 1 aromatic rings.